The summed E-state index contributed by atoms with van der Waals surface area (Å²) >= 11 is 13.6. The Kier molecular flexibility index (Phi) is 4.45. The van der Waals surface area contributed by atoms with Crippen LogP contribution in [0.2, 0.25) is 10.0 Å². The maximum absolute atomic E-state index is 12.5. The van der Waals surface area contributed by atoms with Gasteiger partial charge in [-0.05, 0) is 24.6 Å². The zero-order valence-electron chi connectivity index (χ0n) is 12.3. The standard InChI is InChI=1S/C16H10Cl2N2O3S/c1-8-2-4-10-13(6-8)24-15(14(10)18)16(21)19-12-5-3-9(20(22)23)7-11(12)17/h2-7H,1H3,(H,19,21). The van der Waals surface area contributed by atoms with Gasteiger partial charge in [0.2, 0.25) is 0 Å². The van der Waals surface area contributed by atoms with Gasteiger partial charge in [-0.25, -0.2) is 0 Å². The molecular weight excluding hydrogens is 371 g/mol. The summed E-state index contributed by atoms with van der Waals surface area (Å²) in [6.07, 6.45) is 0. The molecule has 24 heavy (non-hydrogen) atoms. The minimum atomic E-state index is -0.553. The van der Waals surface area contributed by atoms with Gasteiger partial charge in [-0.1, -0.05) is 35.3 Å². The fraction of sp³-hybridized carbons (Fsp3) is 0.0625. The molecule has 8 heteroatoms. The molecule has 3 rings (SSSR count). The van der Waals surface area contributed by atoms with Gasteiger partial charge in [0.05, 0.1) is 20.7 Å². The molecule has 1 amide bonds. The van der Waals surface area contributed by atoms with Crippen molar-refractivity contribution in [3.05, 3.63) is 67.0 Å². The summed E-state index contributed by atoms with van der Waals surface area (Å²) in [5.74, 6) is -0.408. The van der Waals surface area contributed by atoms with Crippen LogP contribution < -0.4 is 5.32 Å². The van der Waals surface area contributed by atoms with E-state index in [0.717, 1.165) is 15.6 Å². The lowest BCUT2D eigenvalue weighted by atomic mass is 10.2. The molecule has 0 aliphatic carbocycles. The van der Waals surface area contributed by atoms with Gasteiger partial charge < -0.3 is 5.32 Å². The quantitative estimate of drug-likeness (QED) is 0.469. The molecule has 0 saturated heterocycles. The van der Waals surface area contributed by atoms with E-state index in [-0.39, 0.29) is 16.4 Å². The first-order chi connectivity index (χ1) is 11.4. The highest BCUT2D eigenvalue weighted by Crippen LogP contribution is 2.36. The van der Waals surface area contributed by atoms with Crippen LogP contribution in [0.1, 0.15) is 15.2 Å². The maximum atomic E-state index is 12.5. The van der Waals surface area contributed by atoms with E-state index < -0.39 is 10.8 Å². The summed E-state index contributed by atoms with van der Waals surface area (Å²) < 4.78 is 0.917. The number of nitrogens with zero attached hydrogens (tertiary/aromatic N) is 1. The number of benzene rings is 2. The zero-order chi connectivity index (χ0) is 17.4. The Balaban J connectivity index is 1.93. The minimum Gasteiger partial charge on any atom is -0.320 e. The van der Waals surface area contributed by atoms with Crippen LogP contribution in [0.15, 0.2) is 36.4 Å². The van der Waals surface area contributed by atoms with Crippen molar-refractivity contribution >= 4 is 61.9 Å². The number of fused-ring (bicyclic) bond motifs is 1. The summed E-state index contributed by atoms with van der Waals surface area (Å²) in [7, 11) is 0. The Morgan fingerprint density at radius 1 is 1.21 bits per heavy atom. The van der Waals surface area contributed by atoms with Crippen molar-refractivity contribution in [1.82, 2.24) is 0 Å². The van der Waals surface area contributed by atoms with Crippen LogP contribution in [-0.2, 0) is 0 Å². The Morgan fingerprint density at radius 2 is 1.96 bits per heavy atom. The first-order valence-electron chi connectivity index (χ1n) is 6.81. The van der Waals surface area contributed by atoms with E-state index in [2.05, 4.69) is 5.32 Å². The van der Waals surface area contributed by atoms with E-state index >= 15 is 0 Å². The third kappa shape index (κ3) is 3.08. The van der Waals surface area contributed by atoms with Gasteiger partial charge in [-0.3, -0.25) is 14.9 Å². The molecule has 2 aromatic carbocycles. The fourth-order valence-electron chi connectivity index (χ4n) is 2.22. The molecule has 0 aliphatic heterocycles. The molecule has 0 unspecified atom stereocenters. The maximum Gasteiger partial charge on any atom is 0.271 e. The SMILES string of the molecule is Cc1ccc2c(Cl)c(C(=O)Nc3ccc([N+](=O)[O-])cc3Cl)sc2c1. The van der Waals surface area contributed by atoms with E-state index in [1.54, 1.807) is 0 Å². The highest BCUT2D eigenvalue weighted by atomic mass is 35.5. The Morgan fingerprint density at radius 3 is 2.62 bits per heavy atom. The summed E-state index contributed by atoms with van der Waals surface area (Å²) in [5, 5.41) is 14.6. The van der Waals surface area contributed by atoms with Gasteiger partial charge in [-0.2, -0.15) is 0 Å². The van der Waals surface area contributed by atoms with Gasteiger partial charge in [0, 0.05) is 22.2 Å². The fourth-order valence-corrected chi connectivity index (χ4v) is 3.95. The summed E-state index contributed by atoms with van der Waals surface area (Å²) in [5.41, 5.74) is 1.22. The van der Waals surface area contributed by atoms with E-state index in [4.69, 9.17) is 23.2 Å². The molecule has 122 valence electrons. The molecule has 0 aliphatic rings. The molecule has 1 aromatic heterocycles. The lowest BCUT2D eigenvalue weighted by Crippen LogP contribution is -2.11. The number of carbonyl (C=O) groups is 1. The molecular formula is C16H10Cl2N2O3S. The third-order valence-electron chi connectivity index (χ3n) is 3.40. The number of nitro groups is 1. The second-order valence-electron chi connectivity index (χ2n) is 5.12. The molecule has 0 saturated carbocycles. The average Bonchev–Trinajstić information content (AvgIpc) is 2.85. The smallest absolute Gasteiger partial charge is 0.271 e. The lowest BCUT2D eigenvalue weighted by molar-refractivity contribution is -0.384. The van der Waals surface area contributed by atoms with Crippen LogP contribution in [0.5, 0.6) is 0 Å². The molecule has 0 fully saturated rings. The molecule has 0 atom stereocenters. The largest absolute Gasteiger partial charge is 0.320 e. The number of non-ortho nitro benzene ring substituents is 1. The van der Waals surface area contributed by atoms with Crippen LogP contribution in [0, 0.1) is 17.0 Å². The van der Waals surface area contributed by atoms with Gasteiger partial charge in [0.1, 0.15) is 4.88 Å². The molecule has 0 spiro atoms. The van der Waals surface area contributed by atoms with E-state index in [9.17, 15) is 14.9 Å². The van der Waals surface area contributed by atoms with Crippen molar-refractivity contribution < 1.29 is 9.72 Å². The lowest BCUT2D eigenvalue weighted by Gasteiger charge is -2.06. The Hall–Kier alpha value is -2.15. The number of aryl methyl sites for hydroxylation is 1. The van der Waals surface area contributed by atoms with Crippen LogP contribution >= 0.6 is 34.5 Å². The van der Waals surface area contributed by atoms with Gasteiger partial charge in [0.15, 0.2) is 0 Å². The van der Waals surface area contributed by atoms with Crippen molar-refractivity contribution in [2.45, 2.75) is 6.92 Å². The van der Waals surface area contributed by atoms with Crippen molar-refractivity contribution in [2.24, 2.45) is 0 Å². The highest BCUT2D eigenvalue weighted by Gasteiger charge is 2.19. The average molecular weight is 381 g/mol. The molecule has 1 N–H and O–H groups in total. The highest BCUT2D eigenvalue weighted by molar-refractivity contribution is 7.21. The molecule has 5 nitrogen and oxygen atoms in total. The van der Waals surface area contributed by atoms with Gasteiger partial charge in [0.25, 0.3) is 11.6 Å². The van der Waals surface area contributed by atoms with Gasteiger partial charge in [-0.15, -0.1) is 11.3 Å². The molecule has 0 bridgehead atoms. The van der Waals surface area contributed by atoms with Crippen LogP contribution in [0.3, 0.4) is 0 Å². The second kappa shape index (κ2) is 6.39. The van der Waals surface area contributed by atoms with Crippen LogP contribution in [0.25, 0.3) is 10.1 Å². The summed E-state index contributed by atoms with van der Waals surface area (Å²) in [6.45, 7) is 1.96. The number of nitrogens with one attached hydrogen (secondary N) is 1. The molecule has 1 heterocycles. The van der Waals surface area contributed by atoms with Crippen LogP contribution in [-0.4, -0.2) is 10.8 Å². The number of nitro benzene ring substituents is 1. The first-order valence-corrected chi connectivity index (χ1v) is 8.38. The number of hydrogen-bond donors (Lipinski definition) is 1. The van der Waals surface area contributed by atoms with E-state index in [1.807, 2.05) is 25.1 Å². The Labute approximate surface area is 151 Å². The number of carbonyl (C=O) groups excluding carboxylic acids is 1. The van der Waals surface area contributed by atoms with Crippen molar-refractivity contribution in [1.29, 1.82) is 0 Å². The van der Waals surface area contributed by atoms with Gasteiger partial charge >= 0.3 is 0 Å². The number of amides is 1. The van der Waals surface area contributed by atoms with Crippen molar-refractivity contribution in [2.75, 3.05) is 5.32 Å². The number of anilines is 1. The number of hydrogen-bond acceptors (Lipinski definition) is 4. The topological polar surface area (TPSA) is 72.2 Å². The number of thiophene rings is 1. The zero-order valence-corrected chi connectivity index (χ0v) is 14.6. The van der Waals surface area contributed by atoms with Crippen LogP contribution in [0.4, 0.5) is 11.4 Å². The first kappa shape index (κ1) is 16.7. The number of rotatable bonds is 3. The van der Waals surface area contributed by atoms with E-state index in [0.29, 0.717) is 9.90 Å². The van der Waals surface area contributed by atoms with Crippen molar-refractivity contribution in [3.8, 4) is 0 Å². The second-order valence-corrected chi connectivity index (χ2v) is 6.96. The number of halogens is 2. The predicted molar refractivity (Wildman–Crippen MR) is 97.6 cm³/mol. The molecule has 3 aromatic rings. The summed E-state index contributed by atoms with van der Waals surface area (Å²) in [4.78, 5) is 23.0. The van der Waals surface area contributed by atoms with E-state index in [1.165, 1.54) is 29.5 Å². The van der Waals surface area contributed by atoms with Crippen molar-refractivity contribution in [3.63, 3.8) is 0 Å². The minimum absolute atomic E-state index is 0.0885. The Bertz CT molecular complexity index is 985. The monoisotopic (exact) mass is 380 g/mol. The third-order valence-corrected chi connectivity index (χ3v) is 5.37. The normalized spacial score (nSPS) is 10.8. The molecule has 0 radical (unpaired) electrons. The summed E-state index contributed by atoms with van der Waals surface area (Å²) in [6, 6.07) is 9.62. The predicted octanol–water partition coefficient (Wildman–Crippen LogP) is 5.68.